The Hall–Kier alpha value is -1.69. The Labute approximate surface area is 155 Å². The van der Waals surface area contributed by atoms with Crippen molar-refractivity contribution < 1.29 is 4.79 Å². The van der Waals surface area contributed by atoms with Gasteiger partial charge >= 0.3 is 0 Å². The second-order valence-electron chi connectivity index (χ2n) is 8.74. The number of H-pyrrole nitrogens is 1. The van der Waals surface area contributed by atoms with Gasteiger partial charge < -0.3 is 14.8 Å². The summed E-state index contributed by atoms with van der Waals surface area (Å²) in [6.07, 6.45) is 6.52. The fourth-order valence-electron chi connectivity index (χ4n) is 4.83. The van der Waals surface area contributed by atoms with Crippen molar-refractivity contribution in [2.75, 3.05) is 32.7 Å². The van der Waals surface area contributed by atoms with Crippen LogP contribution < -0.4 is 5.56 Å². The average molecular weight is 358 g/mol. The molecule has 2 aliphatic heterocycles. The van der Waals surface area contributed by atoms with E-state index in [-0.39, 0.29) is 23.3 Å². The van der Waals surface area contributed by atoms with Crippen molar-refractivity contribution >= 4 is 5.91 Å². The Balaban J connectivity index is 1.40. The highest BCUT2D eigenvalue weighted by Gasteiger charge is 2.43. The van der Waals surface area contributed by atoms with Crippen LogP contribution in [-0.4, -0.2) is 58.4 Å². The molecule has 1 aromatic rings. The number of amides is 1. The van der Waals surface area contributed by atoms with Crippen molar-refractivity contribution in [2.45, 2.75) is 52.4 Å². The first-order valence-electron chi connectivity index (χ1n) is 10.0. The lowest BCUT2D eigenvalue weighted by molar-refractivity contribution is -0.130. The highest BCUT2D eigenvalue weighted by molar-refractivity contribution is 5.79. The minimum absolute atomic E-state index is 0.0699. The Morgan fingerprint density at radius 3 is 2.77 bits per heavy atom. The molecule has 1 amide bonds. The van der Waals surface area contributed by atoms with Gasteiger partial charge in [0.25, 0.3) is 5.56 Å². The number of nitrogens with zero attached hydrogens (tertiary/aromatic N) is 3. The molecule has 3 heterocycles. The first-order valence-corrected chi connectivity index (χ1v) is 10.0. The number of rotatable bonds is 4. The van der Waals surface area contributed by atoms with E-state index in [0.29, 0.717) is 17.1 Å². The van der Waals surface area contributed by atoms with Gasteiger partial charge in [-0.2, -0.15) is 0 Å². The van der Waals surface area contributed by atoms with Crippen LogP contribution in [0.2, 0.25) is 0 Å². The lowest BCUT2D eigenvalue weighted by Gasteiger charge is -2.40. The monoisotopic (exact) mass is 358 g/mol. The molecule has 3 aliphatic rings. The highest BCUT2D eigenvalue weighted by atomic mass is 16.2. The predicted octanol–water partition coefficient (Wildman–Crippen LogP) is 1.65. The number of hydrogen-bond acceptors (Lipinski definition) is 4. The average Bonchev–Trinajstić information content (AvgIpc) is 3.30. The second kappa shape index (κ2) is 6.80. The van der Waals surface area contributed by atoms with Gasteiger partial charge in [0.2, 0.25) is 5.91 Å². The van der Waals surface area contributed by atoms with Gasteiger partial charge in [0.15, 0.2) is 0 Å². The third-order valence-electron chi connectivity index (χ3n) is 6.41. The molecule has 4 rings (SSSR count). The van der Waals surface area contributed by atoms with Gasteiger partial charge in [-0.25, -0.2) is 4.98 Å². The molecule has 1 spiro atoms. The van der Waals surface area contributed by atoms with E-state index in [2.05, 4.69) is 14.9 Å². The van der Waals surface area contributed by atoms with Crippen molar-refractivity contribution in [3.05, 3.63) is 27.4 Å². The quantitative estimate of drug-likeness (QED) is 0.889. The highest BCUT2D eigenvalue weighted by Crippen LogP contribution is 2.40. The number of piperidine rings is 1. The number of nitrogens with one attached hydrogen (secondary N) is 1. The maximum absolute atomic E-state index is 12.8. The summed E-state index contributed by atoms with van der Waals surface area (Å²) in [5.74, 6) is 1.59. The van der Waals surface area contributed by atoms with E-state index in [0.717, 1.165) is 32.0 Å². The summed E-state index contributed by atoms with van der Waals surface area (Å²) in [5, 5.41) is 0. The van der Waals surface area contributed by atoms with Crippen LogP contribution in [0.5, 0.6) is 0 Å². The Morgan fingerprint density at radius 2 is 2.04 bits per heavy atom. The van der Waals surface area contributed by atoms with E-state index < -0.39 is 0 Å². The van der Waals surface area contributed by atoms with Gasteiger partial charge in [-0.05, 0) is 58.4 Å². The second-order valence-corrected chi connectivity index (χ2v) is 8.74. The Morgan fingerprint density at radius 1 is 1.23 bits per heavy atom. The van der Waals surface area contributed by atoms with Gasteiger partial charge in [-0.15, -0.1) is 0 Å². The molecule has 6 heteroatoms. The molecule has 142 valence electrons. The number of carbonyl (C=O) groups excluding carboxylic acids is 1. The standard InChI is InChI=1S/C20H30N4O2/c1-14-17(19(26)22-15(2)21-14)10-18(25)24-9-7-20(13-24)6-3-8-23(12-20)11-16-4-5-16/h16H,3-13H2,1-2H3,(H,21,22,26)/t20-/m0/s1. The van der Waals surface area contributed by atoms with Crippen LogP contribution in [0.1, 0.15) is 49.2 Å². The summed E-state index contributed by atoms with van der Waals surface area (Å²) in [4.78, 5) is 36.7. The summed E-state index contributed by atoms with van der Waals surface area (Å²) in [6.45, 7) is 8.86. The summed E-state index contributed by atoms with van der Waals surface area (Å²) in [5.41, 5.74) is 1.28. The van der Waals surface area contributed by atoms with Crippen LogP contribution >= 0.6 is 0 Å². The minimum Gasteiger partial charge on any atom is -0.342 e. The zero-order chi connectivity index (χ0) is 18.3. The molecule has 1 aromatic heterocycles. The van der Waals surface area contributed by atoms with Gasteiger partial charge in [0.05, 0.1) is 6.42 Å². The number of hydrogen-bond donors (Lipinski definition) is 1. The fourth-order valence-corrected chi connectivity index (χ4v) is 4.83. The van der Waals surface area contributed by atoms with Crippen LogP contribution in [0.4, 0.5) is 0 Å². The molecule has 3 fully saturated rings. The molecule has 6 nitrogen and oxygen atoms in total. The zero-order valence-corrected chi connectivity index (χ0v) is 16.0. The number of likely N-dealkylation sites (tertiary alicyclic amines) is 2. The molecule has 0 bridgehead atoms. The number of aromatic amines is 1. The van der Waals surface area contributed by atoms with Crippen LogP contribution in [0, 0.1) is 25.2 Å². The summed E-state index contributed by atoms with van der Waals surface area (Å²) in [7, 11) is 0. The minimum atomic E-state index is -0.175. The SMILES string of the molecule is Cc1nc(C)c(CC(=O)N2CC[C@]3(CCCN(CC4CC4)C3)C2)c(=O)[nH]1. The first-order chi connectivity index (χ1) is 12.4. The summed E-state index contributed by atoms with van der Waals surface area (Å²) in [6, 6.07) is 0. The fraction of sp³-hybridized carbons (Fsp3) is 0.750. The van der Waals surface area contributed by atoms with E-state index in [1.54, 1.807) is 6.92 Å². The van der Waals surface area contributed by atoms with Crippen molar-refractivity contribution in [1.29, 1.82) is 0 Å². The number of aromatic nitrogens is 2. The third-order valence-corrected chi connectivity index (χ3v) is 6.41. The van der Waals surface area contributed by atoms with Gasteiger partial charge in [0.1, 0.15) is 5.82 Å². The third kappa shape index (κ3) is 3.70. The number of carbonyl (C=O) groups is 1. The lowest BCUT2D eigenvalue weighted by atomic mass is 9.79. The topological polar surface area (TPSA) is 69.3 Å². The largest absolute Gasteiger partial charge is 0.342 e. The smallest absolute Gasteiger partial charge is 0.254 e. The maximum atomic E-state index is 12.8. The molecular weight excluding hydrogens is 328 g/mol. The molecule has 0 aromatic carbocycles. The van der Waals surface area contributed by atoms with Gasteiger partial charge in [-0.1, -0.05) is 0 Å². The molecular formula is C20H30N4O2. The molecule has 2 saturated heterocycles. The van der Waals surface area contributed by atoms with Crippen LogP contribution in [0.3, 0.4) is 0 Å². The molecule has 1 aliphatic carbocycles. The Kier molecular flexibility index (Phi) is 4.63. The molecule has 1 saturated carbocycles. The predicted molar refractivity (Wildman–Crippen MR) is 100 cm³/mol. The first kappa shape index (κ1) is 17.7. The summed E-state index contributed by atoms with van der Waals surface area (Å²) < 4.78 is 0. The van der Waals surface area contributed by atoms with Gasteiger partial charge in [0, 0.05) is 42.9 Å². The van der Waals surface area contributed by atoms with Crippen LogP contribution in [-0.2, 0) is 11.2 Å². The maximum Gasteiger partial charge on any atom is 0.254 e. The molecule has 1 atom stereocenters. The molecule has 26 heavy (non-hydrogen) atoms. The van der Waals surface area contributed by atoms with Gasteiger partial charge in [-0.3, -0.25) is 9.59 Å². The Bertz CT molecular complexity index is 755. The van der Waals surface area contributed by atoms with Crippen molar-refractivity contribution in [1.82, 2.24) is 19.8 Å². The molecule has 0 radical (unpaired) electrons. The molecule has 1 N–H and O–H groups in total. The van der Waals surface area contributed by atoms with E-state index in [1.165, 1.54) is 38.8 Å². The van der Waals surface area contributed by atoms with Crippen molar-refractivity contribution in [3.63, 3.8) is 0 Å². The summed E-state index contributed by atoms with van der Waals surface area (Å²) >= 11 is 0. The van der Waals surface area contributed by atoms with E-state index in [9.17, 15) is 9.59 Å². The van der Waals surface area contributed by atoms with Crippen molar-refractivity contribution in [3.8, 4) is 0 Å². The lowest BCUT2D eigenvalue weighted by Crippen LogP contribution is -2.46. The number of aryl methyl sites for hydroxylation is 2. The normalized spacial score (nSPS) is 26.6. The zero-order valence-electron chi connectivity index (χ0n) is 16.0. The van der Waals surface area contributed by atoms with Crippen LogP contribution in [0.15, 0.2) is 4.79 Å². The van der Waals surface area contributed by atoms with E-state index in [1.807, 2.05) is 11.8 Å². The van der Waals surface area contributed by atoms with E-state index >= 15 is 0 Å². The van der Waals surface area contributed by atoms with Crippen molar-refractivity contribution in [2.24, 2.45) is 11.3 Å². The molecule has 0 unspecified atom stereocenters. The van der Waals surface area contributed by atoms with Crippen LogP contribution in [0.25, 0.3) is 0 Å². The van der Waals surface area contributed by atoms with E-state index in [4.69, 9.17) is 0 Å².